The number of nitrogens with zero attached hydrogens (tertiary/aromatic N) is 2. The predicted octanol–water partition coefficient (Wildman–Crippen LogP) is 4.98. The van der Waals surface area contributed by atoms with Crippen LogP contribution in [0.3, 0.4) is 0 Å². The van der Waals surface area contributed by atoms with Crippen LogP contribution >= 0.6 is 34.5 Å². The first-order chi connectivity index (χ1) is 12.5. The van der Waals surface area contributed by atoms with Crippen LogP contribution in [0.1, 0.15) is 22.8 Å². The lowest BCUT2D eigenvalue weighted by molar-refractivity contribution is 0.0954. The highest BCUT2D eigenvalue weighted by molar-refractivity contribution is 7.14. The smallest absolute Gasteiger partial charge is 0.271 e. The molecule has 5 nitrogen and oxygen atoms in total. The Morgan fingerprint density at radius 1 is 1.19 bits per heavy atom. The minimum Gasteiger partial charge on any atom is -0.506 e. The summed E-state index contributed by atoms with van der Waals surface area (Å²) in [5, 5.41) is 17.2. The number of aromatic nitrogens is 1. The number of carbonyl (C=O) groups is 1. The van der Waals surface area contributed by atoms with Gasteiger partial charge in [0.2, 0.25) is 0 Å². The summed E-state index contributed by atoms with van der Waals surface area (Å²) in [6.07, 6.45) is 3.05. The van der Waals surface area contributed by atoms with E-state index in [9.17, 15) is 9.90 Å². The number of hydrazone groups is 1. The van der Waals surface area contributed by atoms with Gasteiger partial charge in [-0.1, -0.05) is 29.3 Å². The predicted molar refractivity (Wildman–Crippen MR) is 105 cm³/mol. The van der Waals surface area contributed by atoms with Gasteiger partial charge >= 0.3 is 0 Å². The van der Waals surface area contributed by atoms with Gasteiger partial charge in [-0.2, -0.15) is 5.10 Å². The minimum absolute atomic E-state index is 0.0767. The zero-order valence-electron chi connectivity index (χ0n) is 13.5. The summed E-state index contributed by atoms with van der Waals surface area (Å²) in [7, 11) is 0. The molecular formula is C18H13Cl2N3O2S. The monoisotopic (exact) mass is 405 g/mol. The van der Waals surface area contributed by atoms with Crippen molar-refractivity contribution in [2.24, 2.45) is 5.10 Å². The Morgan fingerprint density at radius 2 is 1.92 bits per heavy atom. The topological polar surface area (TPSA) is 74.6 Å². The molecule has 0 aliphatic rings. The summed E-state index contributed by atoms with van der Waals surface area (Å²) in [6, 6.07) is 8.32. The van der Waals surface area contributed by atoms with Crippen LogP contribution in [-0.2, 0) is 0 Å². The molecule has 0 saturated carbocycles. The number of amides is 1. The van der Waals surface area contributed by atoms with Gasteiger partial charge in [-0.3, -0.25) is 9.78 Å². The van der Waals surface area contributed by atoms with Gasteiger partial charge in [0, 0.05) is 23.3 Å². The SMILES string of the molecule is C/C(=N\NC(=O)c1ccncc1)c1csc(-c2ccc(Cl)c(Cl)c2)c1O. The van der Waals surface area contributed by atoms with Crippen LogP contribution in [0.2, 0.25) is 10.0 Å². The first kappa shape index (κ1) is 18.4. The van der Waals surface area contributed by atoms with E-state index in [2.05, 4.69) is 15.5 Å². The number of pyridine rings is 1. The number of rotatable bonds is 4. The molecule has 2 heterocycles. The van der Waals surface area contributed by atoms with E-state index < -0.39 is 0 Å². The fraction of sp³-hybridized carbons (Fsp3) is 0.0556. The molecule has 0 fully saturated rings. The Bertz CT molecular complexity index is 987. The summed E-state index contributed by atoms with van der Waals surface area (Å²) in [4.78, 5) is 16.5. The molecule has 1 amide bonds. The maximum absolute atomic E-state index is 12.0. The second-order valence-corrected chi connectivity index (χ2v) is 7.02. The van der Waals surface area contributed by atoms with E-state index in [1.807, 2.05) is 0 Å². The highest BCUT2D eigenvalue weighted by Crippen LogP contribution is 2.40. The number of nitrogens with one attached hydrogen (secondary N) is 1. The van der Waals surface area contributed by atoms with E-state index in [-0.39, 0.29) is 11.7 Å². The third-order valence-corrected chi connectivity index (χ3v) is 5.36. The molecule has 0 aliphatic heterocycles. The van der Waals surface area contributed by atoms with Gasteiger partial charge in [-0.05, 0) is 36.8 Å². The van der Waals surface area contributed by atoms with Gasteiger partial charge in [0.1, 0.15) is 5.75 Å². The fourth-order valence-electron chi connectivity index (χ4n) is 2.21. The molecule has 3 aromatic rings. The summed E-state index contributed by atoms with van der Waals surface area (Å²) in [5.74, 6) is -0.279. The van der Waals surface area contributed by atoms with E-state index >= 15 is 0 Å². The molecule has 0 unspecified atom stereocenters. The van der Waals surface area contributed by atoms with Crippen LogP contribution in [0.25, 0.3) is 10.4 Å². The van der Waals surface area contributed by atoms with Crippen LogP contribution < -0.4 is 5.43 Å². The Morgan fingerprint density at radius 3 is 2.62 bits per heavy atom. The van der Waals surface area contributed by atoms with Crippen molar-refractivity contribution in [2.45, 2.75) is 6.92 Å². The number of benzene rings is 1. The molecule has 26 heavy (non-hydrogen) atoms. The lowest BCUT2D eigenvalue weighted by Crippen LogP contribution is -2.19. The zero-order valence-corrected chi connectivity index (χ0v) is 15.9. The molecule has 1 aromatic carbocycles. The zero-order chi connectivity index (χ0) is 18.7. The highest BCUT2D eigenvalue weighted by Gasteiger charge is 2.16. The molecule has 0 spiro atoms. The molecule has 2 aromatic heterocycles. The van der Waals surface area contributed by atoms with Crippen molar-refractivity contribution in [3.05, 3.63) is 69.3 Å². The van der Waals surface area contributed by atoms with Gasteiger partial charge in [-0.25, -0.2) is 5.43 Å². The molecule has 132 valence electrons. The Kier molecular flexibility index (Phi) is 5.56. The molecule has 0 bridgehead atoms. The summed E-state index contributed by atoms with van der Waals surface area (Å²) in [5.41, 5.74) is 4.68. The highest BCUT2D eigenvalue weighted by atomic mass is 35.5. The number of carbonyl (C=O) groups excluding carboxylic acids is 1. The number of hydrogen-bond donors (Lipinski definition) is 2. The van der Waals surface area contributed by atoms with E-state index in [0.717, 1.165) is 5.56 Å². The van der Waals surface area contributed by atoms with Crippen molar-refractivity contribution in [3.63, 3.8) is 0 Å². The first-order valence-electron chi connectivity index (χ1n) is 7.48. The summed E-state index contributed by atoms with van der Waals surface area (Å²) in [6.45, 7) is 1.70. The van der Waals surface area contributed by atoms with Crippen LogP contribution in [0.15, 0.2) is 53.2 Å². The van der Waals surface area contributed by atoms with Gasteiger partial charge < -0.3 is 5.11 Å². The van der Waals surface area contributed by atoms with Crippen LogP contribution in [0.5, 0.6) is 5.75 Å². The lowest BCUT2D eigenvalue weighted by Gasteiger charge is -2.04. The van der Waals surface area contributed by atoms with E-state index in [1.54, 1.807) is 42.6 Å². The average molecular weight is 406 g/mol. The standard InChI is InChI=1S/C18H13Cl2N3O2S/c1-10(22-23-18(25)11-4-6-21-7-5-11)13-9-26-17(16(13)24)12-2-3-14(19)15(20)8-12/h2-9,24H,1H3,(H,23,25)/b22-10+. The second kappa shape index (κ2) is 7.86. The lowest BCUT2D eigenvalue weighted by atomic mass is 10.1. The molecule has 0 atom stereocenters. The van der Waals surface area contributed by atoms with E-state index in [4.69, 9.17) is 23.2 Å². The van der Waals surface area contributed by atoms with Crippen molar-refractivity contribution in [1.29, 1.82) is 0 Å². The number of halogens is 2. The molecule has 0 radical (unpaired) electrons. The van der Waals surface area contributed by atoms with Crippen LogP contribution in [0.4, 0.5) is 0 Å². The Labute approximate surface area is 163 Å². The van der Waals surface area contributed by atoms with Gasteiger partial charge in [-0.15, -0.1) is 11.3 Å². The Balaban J connectivity index is 1.82. The van der Waals surface area contributed by atoms with Crippen molar-refractivity contribution in [2.75, 3.05) is 0 Å². The van der Waals surface area contributed by atoms with E-state index in [0.29, 0.717) is 31.8 Å². The van der Waals surface area contributed by atoms with E-state index in [1.165, 1.54) is 23.7 Å². The number of hydrogen-bond acceptors (Lipinski definition) is 5. The molecule has 3 rings (SSSR count). The maximum atomic E-state index is 12.0. The summed E-state index contributed by atoms with van der Waals surface area (Å²) >= 11 is 13.3. The van der Waals surface area contributed by atoms with Crippen molar-refractivity contribution in [1.82, 2.24) is 10.4 Å². The van der Waals surface area contributed by atoms with Crippen molar-refractivity contribution < 1.29 is 9.90 Å². The normalized spacial score (nSPS) is 11.4. The molecular weight excluding hydrogens is 393 g/mol. The molecule has 2 N–H and O–H groups in total. The third kappa shape index (κ3) is 3.88. The summed E-state index contributed by atoms with van der Waals surface area (Å²) < 4.78 is 0. The first-order valence-corrected chi connectivity index (χ1v) is 9.12. The molecule has 0 saturated heterocycles. The molecule has 8 heteroatoms. The minimum atomic E-state index is -0.355. The quantitative estimate of drug-likeness (QED) is 0.474. The molecule has 0 aliphatic carbocycles. The van der Waals surface area contributed by atoms with Crippen LogP contribution in [-0.4, -0.2) is 21.7 Å². The fourth-order valence-corrected chi connectivity index (χ4v) is 3.51. The van der Waals surface area contributed by atoms with Gasteiger partial charge in [0.25, 0.3) is 5.91 Å². The average Bonchev–Trinajstić information content (AvgIpc) is 3.04. The largest absolute Gasteiger partial charge is 0.506 e. The maximum Gasteiger partial charge on any atom is 0.271 e. The number of aromatic hydroxyl groups is 1. The van der Waals surface area contributed by atoms with Crippen molar-refractivity contribution in [3.8, 4) is 16.2 Å². The Hall–Kier alpha value is -2.41. The van der Waals surface area contributed by atoms with Crippen LogP contribution in [0, 0.1) is 0 Å². The van der Waals surface area contributed by atoms with Crippen molar-refractivity contribution >= 4 is 46.2 Å². The number of thiophene rings is 1. The van der Waals surface area contributed by atoms with Gasteiger partial charge in [0.15, 0.2) is 0 Å². The third-order valence-electron chi connectivity index (χ3n) is 3.60. The second-order valence-electron chi connectivity index (χ2n) is 5.33. The van der Waals surface area contributed by atoms with Gasteiger partial charge in [0.05, 0.1) is 26.2 Å².